The second kappa shape index (κ2) is 3.84. The van der Waals surface area contributed by atoms with E-state index in [0.29, 0.717) is 19.5 Å². The number of rotatable bonds is 2. The number of nitrogens with zero attached hydrogens (tertiary/aromatic N) is 2. The van der Waals surface area contributed by atoms with Gasteiger partial charge in [-0.2, -0.15) is 0 Å². The van der Waals surface area contributed by atoms with Crippen LogP contribution in [0, 0.1) is 5.82 Å². The zero-order valence-corrected chi connectivity index (χ0v) is 7.74. The second-order valence-corrected chi connectivity index (χ2v) is 3.47. The Balaban J connectivity index is 1.97. The molecule has 1 aliphatic rings. The van der Waals surface area contributed by atoms with Crippen molar-refractivity contribution < 1.29 is 9.18 Å². The summed E-state index contributed by atoms with van der Waals surface area (Å²) >= 11 is 0. The van der Waals surface area contributed by atoms with Crippen molar-refractivity contribution in [1.29, 1.82) is 0 Å². The van der Waals surface area contributed by atoms with Crippen molar-refractivity contribution in [3.05, 3.63) is 29.8 Å². The van der Waals surface area contributed by atoms with Gasteiger partial charge >= 0.3 is 0 Å². The number of carbonyl (C=O) groups is 1. The van der Waals surface area contributed by atoms with Crippen LogP contribution in [0.15, 0.2) is 18.3 Å². The number of carbonyl (C=O) groups excluding carboxylic acids is 1. The molecule has 0 amide bonds. The molecule has 2 heterocycles. The van der Waals surface area contributed by atoms with Gasteiger partial charge < -0.3 is 0 Å². The van der Waals surface area contributed by atoms with Gasteiger partial charge in [0.25, 0.3) is 0 Å². The third-order valence-corrected chi connectivity index (χ3v) is 2.28. The van der Waals surface area contributed by atoms with Crippen LogP contribution in [0.2, 0.25) is 0 Å². The SMILES string of the molecule is O=C1CCN(Cc2ccc(F)cn2)C1. The monoisotopic (exact) mass is 194 g/mol. The van der Waals surface area contributed by atoms with Crippen LogP contribution in [-0.4, -0.2) is 28.8 Å². The van der Waals surface area contributed by atoms with E-state index in [2.05, 4.69) is 4.98 Å². The van der Waals surface area contributed by atoms with Crippen LogP contribution in [-0.2, 0) is 11.3 Å². The molecule has 0 N–H and O–H groups in total. The Bertz CT molecular complexity index is 336. The summed E-state index contributed by atoms with van der Waals surface area (Å²) in [4.78, 5) is 16.9. The predicted molar refractivity (Wildman–Crippen MR) is 49.1 cm³/mol. The number of ketones is 1. The summed E-state index contributed by atoms with van der Waals surface area (Å²) in [5.41, 5.74) is 0.807. The van der Waals surface area contributed by atoms with Gasteiger partial charge in [0.15, 0.2) is 0 Å². The molecule has 0 unspecified atom stereocenters. The summed E-state index contributed by atoms with van der Waals surface area (Å²) in [5, 5.41) is 0. The zero-order valence-electron chi connectivity index (χ0n) is 7.74. The third kappa shape index (κ3) is 2.14. The molecular weight excluding hydrogens is 183 g/mol. The molecular formula is C10H11FN2O. The minimum atomic E-state index is -0.328. The Morgan fingerprint density at radius 2 is 2.36 bits per heavy atom. The highest BCUT2D eigenvalue weighted by Gasteiger charge is 2.19. The molecule has 1 aromatic heterocycles. The van der Waals surface area contributed by atoms with E-state index in [4.69, 9.17) is 0 Å². The Labute approximate surface area is 81.6 Å². The highest BCUT2D eigenvalue weighted by atomic mass is 19.1. The van der Waals surface area contributed by atoms with Crippen LogP contribution >= 0.6 is 0 Å². The number of pyridine rings is 1. The molecule has 0 atom stereocenters. The molecule has 2 rings (SSSR count). The van der Waals surface area contributed by atoms with Crippen molar-refractivity contribution >= 4 is 5.78 Å². The summed E-state index contributed by atoms with van der Waals surface area (Å²) in [5.74, 6) is -0.0571. The highest BCUT2D eigenvalue weighted by Crippen LogP contribution is 2.08. The Hall–Kier alpha value is -1.29. The Morgan fingerprint density at radius 3 is 2.93 bits per heavy atom. The summed E-state index contributed by atoms with van der Waals surface area (Å²) < 4.78 is 12.5. The number of hydrogen-bond acceptors (Lipinski definition) is 3. The quantitative estimate of drug-likeness (QED) is 0.704. The molecule has 0 bridgehead atoms. The van der Waals surface area contributed by atoms with Crippen molar-refractivity contribution in [2.75, 3.05) is 13.1 Å². The Morgan fingerprint density at radius 1 is 1.50 bits per heavy atom. The fourth-order valence-corrected chi connectivity index (χ4v) is 1.55. The minimum absolute atomic E-state index is 0.270. The molecule has 0 aliphatic carbocycles. The average Bonchev–Trinajstić information content (AvgIpc) is 2.56. The maximum Gasteiger partial charge on any atom is 0.148 e. The van der Waals surface area contributed by atoms with E-state index in [1.165, 1.54) is 12.3 Å². The van der Waals surface area contributed by atoms with Crippen LogP contribution in [0.5, 0.6) is 0 Å². The number of halogens is 1. The Kier molecular flexibility index (Phi) is 2.54. The van der Waals surface area contributed by atoms with Crippen LogP contribution in [0.1, 0.15) is 12.1 Å². The second-order valence-electron chi connectivity index (χ2n) is 3.47. The highest BCUT2D eigenvalue weighted by molar-refractivity contribution is 5.82. The van der Waals surface area contributed by atoms with Crippen molar-refractivity contribution in [1.82, 2.24) is 9.88 Å². The van der Waals surface area contributed by atoms with Gasteiger partial charge in [-0.25, -0.2) is 4.39 Å². The topological polar surface area (TPSA) is 33.2 Å². The van der Waals surface area contributed by atoms with Gasteiger partial charge in [0, 0.05) is 19.5 Å². The normalized spacial score (nSPS) is 17.6. The van der Waals surface area contributed by atoms with Crippen molar-refractivity contribution in [3.8, 4) is 0 Å². The lowest BCUT2D eigenvalue weighted by Crippen LogP contribution is -2.20. The standard InChI is InChI=1S/C10H11FN2O/c11-8-1-2-9(12-5-8)6-13-4-3-10(14)7-13/h1-2,5H,3-4,6-7H2. The molecule has 1 saturated heterocycles. The molecule has 0 spiro atoms. The van der Waals surface area contributed by atoms with E-state index in [1.54, 1.807) is 6.07 Å². The van der Waals surface area contributed by atoms with E-state index in [0.717, 1.165) is 12.2 Å². The first kappa shape index (κ1) is 9.27. The molecule has 14 heavy (non-hydrogen) atoms. The molecule has 0 radical (unpaired) electrons. The van der Waals surface area contributed by atoms with Crippen molar-refractivity contribution in [3.63, 3.8) is 0 Å². The number of likely N-dealkylation sites (tertiary alicyclic amines) is 1. The van der Waals surface area contributed by atoms with Gasteiger partial charge in [-0.05, 0) is 12.1 Å². The first-order valence-corrected chi connectivity index (χ1v) is 4.58. The molecule has 0 aromatic carbocycles. The molecule has 0 saturated carbocycles. The molecule has 1 fully saturated rings. The lowest BCUT2D eigenvalue weighted by atomic mass is 10.3. The van der Waals surface area contributed by atoms with E-state index in [1.807, 2.05) is 4.90 Å². The summed E-state index contributed by atoms with van der Waals surface area (Å²) in [6, 6.07) is 3.04. The van der Waals surface area contributed by atoms with E-state index in [-0.39, 0.29) is 11.6 Å². The summed E-state index contributed by atoms with van der Waals surface area (Å²) in [6.45, 7) is 1.92. The van der Waals surface area contributed by atoms with Gasteiger partial charge in [-0.1, -0.05) is 0 Å². The van der Waals surface area contributed by atoms with Crippen LogP contribution in [0.25, 0.3) is 0 Å². The fraction of sp³-hybridized carbons (Fsp3) is 0.400. The summed E-state index contributed by atoms with van der Waals surface area (Å²) in [7, 11) is 0. The van der Waals surface area contributed by atoms with E-state index >= 15 is 0 Å². The van der Waals surface area contributed by atoms with E-state index < -0.39 is 0 Å². The molecule has 1 aromatic rings. The molecule has 3 nitrogen and oxygen atoms in total. The van der Waals surface area contributed by atoms with Crippen LogP contribution in [0.4, 0.5) is 4.39 Å². The fourth-order valence-electron chi connectivity index (χ4n) is 1.55. The van der Waals surface area contributed by atoms with E-state index in [9.17, 15) is 9.18 Å². The zero-order chi connectivity index (χ0) is 9.97. The minimum Gasteiger partial charge on any atom is -0.298 e. The number of aromatic nitrogens is 1. The maximum atomic E-state index is 12.5. The summed E-state index contributed by atoms with van der Waals surface area (Å²) in [6.07, 6.45) is 1.83. The largest absolute Gasteiger partial charge is 0.298 e. The van der Waals surface area contributed by atoms with Gasteiger partial charge in [-0.3, -0.25) is 14.7 Å². The van der Waals surface area contributed by atoms with Crippen LogP contribution < -0.4 is 0 Å². The van der Waals surface area contributed by atoms with Gasteiger partial charge in [-0.15, -0.1) is 0 Å². The van der Waals surface area contributed by atoms with Crippen LogP contribution in [0.3, 0.4) is 0 Å². The maximum absolute atomic E-state index is 12.5. The average molecular weight is 194 g/mol. The number of Topliss-reactive ketones (excluding diaryl/α,β-unsaturated/α-hetero) is 1. The van der Waals surface area contributed by atoms with Gasteiger partial charge in [0.05, 0.1) is 18.4 Å². The first-order chi connectivity index (χ1) is 6.74. The predicted octanol–water partition coefficient (Wildman–Crippen LogP) is 0.996. The van der Waals surface area contributed by atoms with Gasteiger partial charge in [0.1, 0.15) is 11.6 Å². The third-order valence-electron chi connectivity index (χ3n) is 2.28. The molecule has 74 valence electrons. The smallest absolute Gasteiger partial charge is 0.148 e. The first-order valence-electron chi connectivity index (χ1n) is 4.58. The molecule has 4 heteroatoms. The van der Waals surface area contributed by atoms with Crippen molar-refractivity contribution in [2.24, 2.45) is 0 Å². The lowest BCUT2D eigenvalue weighted by molar-refractivity contribution is -0.116. The molecule has 1 aliphatic heterocycles. The lowest BCUT2D eigenvalue weighted by Gasteiger charge is -2.12. The number of hydrogen-bond donors (Lipinski definition) is 0. The van der Waals surface area contributed by atoms with Crippen molar-refractivity contribution in [2.45, 2.75) is 13.0 Å². The van der Waals surface area contributed by atoms with Gasteiger partial charge in [0.2, 0.25) is 0 Å².